The monoisotopic (exact) mass is 300 g/mol. The molecule has 116 valence electrons. The average Bonchev–Trinajstić information content (AvgIpc) is 2.25. The molecule has 0 unspecified atom stereocenters. The quantitative estimate of drug-likeness (QED) is 0.319. The fraction of sp³-hybridized carbons (Fsp3) is 0.385. The second kappa shape index (κ2) is 7.22. The Morgan fingerprint density at radius 1 is 0.952 bits per heavy atom. The molecule has 0 fully saturated rings. The Balaban J connectivity index is 5.15. The van der Waals surface area contributed by atoms with Crippen LogP contribution in [-0.4, -0.2) is 35.0 Å². The molecular weight excluding hydrogens is 284 g/mol. The highest BCUT2D eigenvalue weighted by atomic mass is 16.9. The lowest BCUT2D eigenvalue weighted by molar-refractivity contribution is -0.317. The van der Waals surface area contributed by atoms with Gasteiger partial charge in [0.2, 0.25) is 0 Å². The zero-order valence-electron chi connectivity index (χ0n) is 11.9. The normalized spacial score (nSPS) is 10.2. The van der Waals surface area contributed by atoms with E-state index in [1.807, 2.05) is 0 Å². The standard InChI is InChI=1S/C13H16O8/c1-7(2)11(17)20-13(5,21-12(18)8(3)4)19-10(16)6-9(14)15/h1,3,6H2,2,4-5H3,(H,14,15). The van der Waals surface area contributed by atoms with Crippen LogP contribution >= 0.6 is 0 Å². The largest absolute Gasteiger partial charge is 0.481 e. The number of hydrogen-bond acceptors (Lipinski definition) is 7. The molecule has 0 rings (SSSR count). The summed E-state index contributed by atoms with van der Waals surface area (Å²) in [7, 11) is 0. The van der Waals surface area contributed by atoms with E-state index in [0.29, 0.717) is 0 Å². The van der Waals surface area contributed by atoms with Gasteiger partial charge in [-0.05, 0) is 13.8 Å². The maximum absolute atomic E-state index is 11.5. The van der Waals surface area contributed by atoms with Crippen LogP contribution in [0.2, 0.25) is 0 Å². The molecule has 0 heterocycles. The molecule has 1 N–H and O–H groups in total. The molecule has 8 nitrogen and oxygen atoms in total. The van der Waals surface area contributed by atoms with E-state index in [0.717, 1.165) is 6.92 Å². The number of carbonyl (C=O) groups is 4. The van der Waals surface area contributed by atoms with E-state index in [1.165, 1.54) is 13.8 Å². The molecule has 8 heteroatoms. The molecule has 0 atom stereocenters. The van der Waals surface area contributed by atoms with Gasteiger partial charge < -0.3 is 19.3 Å². The lowest BCUT2D eigenvalue weighted by atomic mass is 10.3. The number of hydrogen-bond donors (Lipinski definition) is 1. The summed E-state index contributed by atoms with van der Waals surface area (Å²) >= 11 is 0. The summed E-state index contributed by atoms with van der Waals surface area (Å²) in [6.07, 6.45) is -0.995. The van der Waals surface area contributed by atoms with Gasteiger partial charge in [0.05, 0.1) is 6.92 Å². The first-order valence-corrected chi connectivity index (χ1v) is 5.68. The van der Waals surface area contributed by atoms with Crippen molar-refractivity contribution in [1.29, 1.82) is 0 Å². The van der Waals surface area contributed by atoms with E-state index in [2.05, 4.69) is 17.9 Å². The predicted octanol–water partition coefficient (Wildman–Crippen LogP) is 0.917. The molecule has 0 aliphatic carbocycles. The number of rotatable bonds is 7. The number of aliphatic carboxylic acids is 1. The first-order chi connectivity index (χ1) is 9.46. The molecular formula is C13H16O8. The summed E-state index contributed by atoms with van der Waals surface area (Å²) < 4.78 is 14.0. The molecule has 0 aromatic heterocycles. The Morgan fingerprint density at radius 3 is 1.62 bits per heavy atom. The van der Waals surface area contributed by atoms with Crippen LogP contribution in [-0.2, 0) is 33.4 Å². The summed E-state index contributed by atoms with van der Waals surface area (Å²) in [4.78, 5) is 44.7. The molecule has 0 aromatic rings. The first-order valence-electron chi connectivity index (χ1n) is 5.68. The minimum absolute atomic E-state index is 0.0399. The number of carboxylic acids is 1. The van der Waals surface area contributed by atoms with Crippen LogP contribution in [0.3, 0.4) is 0 Å². The van der Waals surface area contributed by atoms with Crippen molar-refractivity contribution < 1.29 is 38.5 Å². The second-order valence-electron chi connectivity index (χ2n) is 4.25. The molecule has 0 bridgehead atoms. The second-order valence-corrected chi connectivity index (χ2v) is 4.25. The van der Waals surface area contributed by atoms with Gasteiger partial charge in [0.15, 0.2) is 0 Å². The van der Waals surface area contributed by atoms with Crippen molar-refractivity contribution in [2.75, 3.05) is 0 Å². The number of carboxylic acid groups (broad SMARTS) is 1. The zero-order valence-corrected chi connectivity index (χ0v) is 11.9. The molecule has 0 amide bonds. The van der Waals surface area contributed by atoms with Crippen LogP contribution in [0.25, 0.3) is 0 Å². The smallest absolute Gasteiger partial charge is 0.420 e. The summed E-state index contributed by atoms with van der Waals surface area (Å²) in [5.41, 5.74) is -0.0798. The van der Waals surface area contributed by atoms with Crippen LogP contribution in [0.1, 0.15) is 27.2 Å². The minimum Gasteiger partial charge on any atom is -0.481 e. The summed E-state index contributed by atoms with van der Waals surface area (Å²) in [5, 5.41) is 8.48. The van der Waals surface area contributed by atoms with Crippen molar-refractivity contribution in [3.05, 3.63) is 24.3 Å². The first kappa shape index (κ1) is 18.4. The van der Waals surface area contributed by atoms with Crippen molar-refractivity contribution in [2.24, 2.45) is 0 Å². The Labute approximate surface area is 121 Å². The predicted molar refractivity (Wildman–Crippen MR) is 68.6 cm³/mol. The third-order valence-corrected chi connectivity index (χ3v) is 1.85. The molecule has 21 heavy (non-hydrogen) atoms. The number of carbonyl (C=O) groups excluding carboxylic acids is 3. The van der Waals surface area contributed by atoms with Crippen LogP contribution in [0, 0.1) is 0 Å². The average molecular weight is 300 g/mol. The summed E-state index contributed by atoms with van der Waals surface area (Å²) in [6, 6.07) is 0. The maximum Gasteiger partial charge on any atom is 0.420 e. The Kier molecular flexibility index (Phi) is 6.32. The van der Waals surface area contributed by atoms with E-state index < -0.39 is 36.3 Å². The number of ether oxygens (including phenoxy) is 3. The van der Waals surface area contributed by atoms with Crippen LogP contribution < -0.4 is 0 Å². The molecule has 0 saturated heterocycles. The van der Waals surface area contributed by atoms with Gasteiger partial charge in [-0.1, -0.05) is 13.2 Å². The third kappa shape index (κ3) is 6.90. The van der Waals surface area contributed by atoms with Gasteiger partial charge in [-0.15, -0.1) is 0 Å². The Hall–Kier alpha value is -2.64. The van der Waals surface area contributed by atoms with Crippen molar-refractivity contribution >= 4 is 23.9 Å². The SMILES string of the molecule is C=C(C)C(=O)OC(C)(OC(=O)CC(=O)O)OC(=O)C(=C)C. The molecule has 0 saturated carbocycles. The lowest BCUT2D eigenvalue weighted by Crippen LogP contribution is -2.42. The van der Waals surface area contributed by atoms with Gasteiger partial charge in [-0.3, -0.25) is 9.59 Å². The molecule has 0 spiro atoms. The van der Waals surface area contributed by atoms with E-state index in [1.54, 1.807) is 0 Å². The Bertz CT molecular complexity index is 474. The highest BCUT2D eigenvalue weighted by Gasteiger charge is 2.39. The summed E-state index contributed by atoms with van der Waals surface area (Å²) in [5.74, 6) is -7.11. The highest BCUT2D eigenvalue weighted by molar-refractivity contribution is 5.91. The topological polar surface area (TPSA) is 116 Å². The maximum atomic E-state index is 11.5. The molecule has 0 aromatic carbocycles. The fourth-order valence-electron chi connectivity index (χ4n) is 0.940. The summed E-state index contributed by atoms with van der Waals surface area (Å²) in [6.45, 7) is 10.2. The molecule has 0 aliphatic heterocycles. The fourth-order valence-corrected chi connectivity index (χ4v) is 0.940. The van der Waals surface area contributed by atoms with E-state index in [9.17, 15) is 19.2 Å². The molecule has 0 aliphatic rings. The van der Waals surface area contributed by atoms with Crippen LogP contribution in [0.5, 0.6) is 0 Å². The Morgan fingerprint density at radius 2 is 1.33 bits per heavy atom. The van der Waals surface area contributed by atoms with Gasteiger partial charge in [0.25, 0.3) is 0 Å². The van der Waals surface area contributed by atoms with Gasteiger partial charge in [0, 0.05) is 11.1 Å². The molecule has 0 radical (unpaired) electrons. The minimum atomic E-state index is -2.42. The third-order valence-electron chi connectivity index (χ3n) is 1.85. The van der Waals surface area contributed by atoms with Crippen LogP contribution in [0.15, 0.2) is 24.3 Å². The van der Waals surface area contributed by atoms with Gasteiger partial charge in [0.1, 0.15) is 6.42 Å². The van der Waals surface area contributed by atoms with E-state index in [-0.39, 0.29) is 11.1 Å². The van der Waals surface area contributed by atoms with Gasteiger partial charge in [-0.2, -0.15) is 0 Å². The lowest BCUT2D eigenvalue weighted by Gasteiger charge is -2.27. The van der Waals surface area contributed by atoms with Crippen molar-refractivity contribution in [2.45, 2.75) is 33.2 Å². The zero-order chi connectivity index (χ0) is 16.8. The highest BCUT2D eigenvalue weighted by Crippen LogP contribution is 2.19. The van der Waals surface area contributed by atoms with Crippen LogP contribution in [0.4, 0.5) is 0 Å². The van der Waals surface area contributed by atoms with Crippen molar-refractivity contribution in [3.8, 4) is 0 Å². The van der Waals surface area contributed by atoms with Crippen molar-refractivity contribution in [1.82, 2.24) is 0 Å². The van der Waals surface area contributed by atoms with Crippen molar-refractivity contribution in [3.63, 3.8) is 0 Å². The van der Waals surface area contributed by atoms with Gasteiger partial charge in [-0.25, -0.2) is 9.59 Å². The number of esters is 3. The van der Waals surface area contributed by atoms with Gasteiger partial charge >= 0.3 is 29.9 Å². The van der Waals surface area contributed by atoms with E-state index in [4.69, 9.17) is 14.6 Å². The van der Waals surface area contributed by atoms with E-state index >= 15 is 0 Å².